The molecule has 0 aliphatic carbocycles. The summed E-state index contributed by atoms with van der Waals surface area (Å²) in [7, 11) is 0. The Bertz CT molecular complexity index is 1390. The van der Waals surface area contributed by atoms with Crippen molar-refractivity contribution in [3.63, 3.8) is 0 Å². The molecule has 0 atom stereocenters. The zero-order valence-electron chi connectivity index (χ0n) is 19.2. The van der Waals surface area contributed by atoms with Crippen LogP contribution in [0.2, 0.25) is 0 Å². The van der Waals surface area contributed by atoms with E-state index in [0.717, 1.165) is 21.7 Å². The van der Waals surface area contributed by atoms with Gasteiger partial charge in [-0.2, -0.15) is 0 Å². The minimum absolute atomic E-state index is 0.0320. The minimum atomic E-state index is -0.179. The van der Waals surface area contributed by atoms with Crippen LogP contribution in [0.4, 0.5) is 5.69 Å². The van der Waals surface area contributed by atoms with Crippen LogP contribution in [0.3, 0.4) is 0 Å². The summed E-state index contributed by atoms with van der Waals surface area (Å²) < 4.78 is 5.25. The molecule has 5 rings (SSSR count). The van der Waals surface area contributed by atoms with E-state index in [4.69, 9.17) is 4.42 Å². The van der Waals surface area contributed by atoms with Crippen molar-refractivity contribution in [1.29, 1.82) is 0 Å². The second-order valence-corrected chi connectivity index (χ2v) is 9.43. The maximum absolute atomic E-state index is 13.5. The van der Waals surface area contributed by atoms with Gasteiger partial charge in [-0.25, -0.2) is 0 Å². The Hall–Kier alpha value is -4.03. The number of carbonyl (C=O) groups excluding carboxylic acids is 2. The lowest BCUT2D eigenvalue weighted by Gasteiger charge is -2.30. The van der Waals surface area contributed by atoms with Crippen LogP contribution in [0, 0.1) is 6.92 Å². The van der Waals surface area contributed by atoms with Gasteiger partial charge in [0.1, 0.15) is 5.76 Å². The van der Waals surface area contributed by atoms with Gasteiger partial charge >= 0.3 is 0 Å². The van der Waals surface area contributed by atoms with Gasteiger partial charge in [0.15, 0.2) is 0 Å². The molecule has 2 heterocycles. The van der Waals surface area contributed by atoms with Crippen LogP contribution in [0.15, 0.2) is 105 Å². The molecule has 1 N–H and O–H groups in total. The van der Waals surface area contributed by atoms with E-state index in [1.54, 1.807) is 24.5 Å². The first-order valence-electron chi connectivity index (χ1n) is 11.3. The summed E-state index contributed by atoms with van der Waals surface area (Å²) in [6.45, 7) is 2.89. The number of fused-ring (bicyclic) bond motifs is 1. The summed E-state index contributed by atoms with van der Waals surface area (Å²) in [5, 5.41) is 2.84. The van der Waals surface area contributed by atoms with Gasteiger partial charge in [0.2, 0.25) is 0 Å². The molecule has 0 radical (unpaired) electrons. The average Bonchev–Trinajstić information content (AvgIpc) is 3.39. The minimum Gasteiger partial charge on any atom is -0.467 e. The Morgan fingerprint density at radius 1 is 1.00 bits per heavy atom. The molecule has 0 unspecified atom stereocenters. The van der Waals surface area contributed by atoms with Crippen molar-refractivity contribution < 1.29 is 14.0 Å². The fourth-order valence-electron chi connectivity index (χ4n) is 3.98. The maximum Gasteiger partial charge on any atom is 0.265 e. The zero-order chi connectivity index (χ0) is 24.2. The highest BCUT2D eigenvalue weighted by atomic mass is 32.2. The molecule has 0 saturated carbocycles. The molecule has 3 aromatic carbocycles. The summed E-state index contributed by atoms with van der Waals surface area (Å²) in [5.41, 5.74) is 4.58. The van der Waals surface area contributed by atoms with Crippen LogP contribution in [-0.2, 0) is 17.9 Å². The number of hydrogen-bond acceptors (Lipinski definition) is 4. The Morgan fingerprint density at radius 3 is 2.60 bits per heavy atom. The molecule has 0 saturated heterocycles. The van der Waals surface area contributed by atoms with E-state index in [-0.39, 0.29) is 11.8 Å². The lowest BCUT2D eigenvalue weighted by Crippen LogP contribution is -2.33. The normalized spacial score (nSPS) is 14.1. The van der Waals surface area contributed by atoms with Gasteiger partial charge in [-0.05, 0) is 60.5 Å². The second kappa shape index (κ2) is 10.1. The van der Waals surface area contributed by atoms with Crippen molar-refractivity contribution in [3.05, 3.63) is 124 Å². The van der Waals surface area contributed by atoms with Crippen molar-refractivity contribution in [2.75, 3.05) is 4.90 Å². The topological polar surface area (TPSA) is 62.6 Å². The molecule has 1 aliphatic heterocycles. The first kappa shape index (κ1) is 22.7. The number of anilines is 1. The predicted molar refractivity (Wildman–Crippen MR) is 139 cm³/mol. The van der Waals surface area contributed by atoms with Crippen LogP contribution >= 0.6 is 11.8 Å². The van der Waals surface area contributed by atoms with Crippen molar-refractivity contribution in [3.8, 4) is 0 Å². The van der Waals surface area contributed by atoms with Gasteiger partial charge in [-0.1, -0.05) is 65.9 Å². The lowest BCUT2D eigenvalue weighted by molar-refractivity contribution is -0.114. The highest BCUT2D eigenvalue weighted by molar-refractivity contribution is 8.04. The lowest BCUT2D eigenvalue weighted by atomic mass is 10.1. The van der Waals surface area contributed by atoms with Crippen molar-refractivity contribution in [1.82, 2.24) is 5.32 Å². The van der Waals surface area contributed by atoms with E-state index in [9.17, 15) is 9.59 Å². The van der Waals surface area contributed by atoms with Crippen LogP contribution < -0.4 is 10.2 Å². The fraction of sp³-hybridized carbons (Fsp3) is 0.103. The van der Waals surface area contributed by atoms with Gasteiger partial charge in [0.05, 0.1) is 29.9 Å². The van der Waals surface area contributed by atoms with Crippen molar-refractivity contribution >= 4 is 35.3 Å². The van der Waals surface area contributed by atoms with E-state index >= 15 is 0 Å². The van der Waals surface area contributed by atoms with Gasteiger partial charge in [0.25, 0.3) is 11.8 Å². The molecule has 6 heteroatoms. The molecule has 1 aromatic heterocycles. The number of nitrogens with zero attached hydrogens (tertiary/aromatic N) is 1. The standard InChI is InChI=1S/C29H24N2O3S/c1-20-6-4-7-22(16-20)19-31-25-9-2-3-10-26(25)35-27(29(31)33)17-21-11-13-23(14-12-21)28(32)30-18-24-8-5-15-34-24/h2-17H,18-19H2,1H3,(H,30,32)/b27-17+. The summed E-state index contributed by atoms with van der Waals surface area (Å²) in [6.07, 6.45) is 3.46. The third-order valence-corrected chi connectivity index (χ3v) is 6.81. The van der Waals surface area contributed by atoms with Crippen LogP contribution in [-0.4, -0.2) is 11.8 Å². The largest absolute Gasteiger partial charge is 0.467 e. The molecule has 1 aliphatic rings. The number of para-hydroxylation sites is 1. The summed E-state index contributed by atoms with van der Waals surface area (Å²) in [5.74, 6) is 0.487. The monoisotopic (exact) mass is 480 g/mol. The van der Waals surface area contributed by atoms with Crippen molar-refractivity contribution in [2.24, 2.45) is 0 Å². The highest BCUT2D eigenvalue weighted by Crippen LogP contribution is 2.42. The van der Waals surface area contributed by atoms with Gasteiger partial charge in [0, 0.05) is 10.5 Å². The van der Waals surface area contributed by atoms with E-state index in [1.165, 1.54) is 17.3 Å². The molecule has 0 bridgehead atoms. The predicted octanol–water partition coefficient (Wildman–Crippen LogP) is 6.20. The number of amides is 2. The number of benzene rings is 3. The highest BCUT2D eigenvalue weighted by Gasteiger charge is 2.29. The number of thioether (sulfide) groups is 1. The summed E-state index contributed by atoms with van der Waals surface area (Å²) in [6, 6.07) is 27.0. The Kier molecular flexibility index (Phi) is 6.55. The molecular weight excluding hydrogens is 456 g/mol. The third kappa shape index (κ3) is 5.23. The number of nitrogens with one attached hydrogen (secondary N) is 1. The molecule has 2 amide bonds. The molecule has 0 fully saturated rings. The first-order chi connectivity index (χ1) is 17.1. The Morgan fingerprint density at radius 2 is 1.83 bits per heavy atom. The average molecular weight is 481 g/mol. The van der Waals surface area contributed by atoms with E-state index in [2.05, 4.69) is 24.4 Å². The zero-order valence-corrected chi connectivity index (χ0v) is 20.0. The molecule has 0 spiro atoms. The molecule has 4 aromatic rings. The number of carbonyl (C=O) groups is 2. The van der Waals surface area contributed by atoms with Crippen molar-refractivity contribution in [2.45, 2.75) is 24.9 Å². The fourth-order valence-corrected chi connectivity index (χ4v) is 5.04. The number of furan rings is 1. The quantitative estimate of drug-likeness (QED) is 0.334. The van der Waals surface area contributed by atoms with Crippen LogP contribution in [0.5, 0.6) is 0 Å². The molecule has 35 heavy (non-hydrogen) atoms. The number of aryl methyl sites for hydroxylation is 1. The molecular formula is C29H24N2O3S. The smallest absolute Gasteiger partial charge is 0.265 e. The van der Waals surface area contributed by atoms with E-state index in [0.29, 0.717) is 29.3 Å². The Balaban J connectivity index is 1.36. The Labute approximate surface area is 208 Å². The van der Waals surface area contributed by atoms with Crippen LogP contribution in [0.1, 0.15) is 32.8 Å². The van der Waals surface area contributed by atoms with Gasteiger partial charge < -0.3 is 14.6 Å². The van der Waals surface area contributed by atoms with Gasteiger partial charge in [-0.15, -0.1) is 0 Å². The molecule has 5 nitrogen and oxygen atoms in total. The van der Waals surface area contributed by atoms with Gasteiger partial charge in [-0.3, -0.25) is 9.59 Å². The summed E-state index contributed by atoms with van der Waals surface area (Å²) >= 11 is 1.47. The van der Waals surface area contributed by atoms with Crippen LogP contribution in [0.25, 0.3) is 6.08 Å². The van der Waals surface area contributed by atoms with E-state index < -0.39 is 0 Å². The SMILES string of the molecule is Cc1cccc(CN2C(=O)/C(=C\c3ccc(C(=O)NCc4ccco4)cc3)Sc3ccccc32)c1. The number of rotatable bonds is 6. The first-order valence-corrected chi connectivity index (χ1v) is 12.1. The molecule has 174 valence electrons. The maximum atomic E-state index is 13.5. The summed E-state index contributed by atoms with van der Waals surface area (Å²) in [4.78, 5) is 29.5. The third-order valence-electron chi connectivity index (χ3n) is 5.73. The second-order valence-electron chi connectivity index (χ2n) is 8.34. The number of hydrogen-bond donors (Lipinski definition) is 1. The van der Waals surface area contributed by atoms with E-state index in [1.807, 2.05) is 65.6 Å².